The van der Waals surface area contributed by atoms with E-state index in [9.17, 15) is 19.1 Å². The molecule has 1 amide bonds. The maximum absolute atomic E-state index is 14.3. The first-order valence-electron chi connectivity index (χ1n) is 13.5. The van der Waals surface area contributed by atoms with Gasteiger partial charge in [-0.15, -0.1) is 22.0 Å². The fourth-order valence-corrected chi connectivity index (χ4v) is 5.67. The van der Waals surface area contributed by atoms with Gasteiger partial charge in [0.2, 0.25) is 5.88 Å². The van der Waals surface area contributed by atoms with Crippen LogP contribution in [0, 0.1) is 5.82 Å². The Morgan fingerprint density at radius 3 is 2.42 bits per heavy atom. The molecule has 0 spiro atoms. The number of nitrogens with zero attached hydrogens (tertiary/aromatic N) is 3. The summed E-state index contributed by atoms with van der Waals surface area (Å²) in [5, 5.41) is 19.7. The van der Waals surface area contributed by atoms with Gasteiger partial charge < -0.3 is 20.1 Å². The predicted molar refractivity (Wildman–Crippen MR) is 166 cm³/mol. The van der Waals surface area contributed by atoms with Crippen LogP contribution in [0.4, 0.5) is 15.8 Å². The summed E-state index contributed by atoms with van der Waals surface area (Å²) in [7, 11) is 1.35. The zero-order valence-electron chi connectivity index (χ0n) is 23.4. The summed E-state index contributed by atoms with van der Waals surface area (Å²) in [6.07, 6.45) is 1.42. The zero-order chi connectivity index (χ0) is 30.3. The first-order chi connectivity index (χ1) is 20.9. The van der Waals surface area contributed by atoms with Crippen LogP contribution in [0.1, 0.15) is 31.8 Å². The van der Waals surface area contributed by atoms with Gasteiger partial charge in [0, 0.05) is 28.3 Å². The smallest absolute Gasteiger partial charge is 0.337 e. The number of hydrogen-bond acceptors (Lipinski definition) is 7. The molecule has 0 fully saturated rings. The zero-order valence-corrected chi connectivity index (χ0v) is 24.2. The average Bonchev–Trinajstić information content (AvgIpc) is 3.28. The molecular weight excluding hydrogens is 567 g/mol. The fourth-order valence-electron chi connectivity index (χ4n) is 4.73. The molecule has 0 saturated carbocycles. The van der Waals surface area contributed by atoms with Gasteiger partial charge >= 0.3 is 5.97 Å². The first kappa shape index (κ1) is 29.5. The van der Waals surface area contributed by atoms with Gasteiger partial charge in [-0.3, -0.25) is 4.79 Å². The second-order valence-corrected chi connectivity index (χ2v) is 10.9. The van der Waals surface area contributed by atoms with Crippen LogP contribution in [0.15, 0.2) is 106 Å². The van der Waals surface area contributed by atoms with Crippen molar-refractivity contribution in [3.05, 3.63) is 119 Å². The first-order valence-corrected chi connectivity index (χ1v) is 14.5. The lowest BCUT2D eigenvalue weighted by Crippen LogP contribution is -2.03. The number of azo groups is 1. The Morgan fingerprint density at radius 1 is 0.953 bits per heavy atom. The van der Waals surface area contributed by atoms with Crippen LogP contribution < -0.4 is 5.73 Å². The summed E-state index contributed by atoms with van der Waals surface area (Å²) >= 11 is 1.62. The van der Waals surface area contributed by atoms with Crippen LogP contribution >= 0.6 is 11.8 Å². The molecule has 8 nitrogen and oxygen atoms in total. The molecule has 1 aromatic heterocycles. The van der Waals surface area contributed by atoms with Crippen LogP contribution in [0.2, 0.25) is 0 Å². The Morgan fingerprint density at radius 2 is 1.70 bits per heavy atom. The van der Waals surface area contributed by atoms with Crippen molar-refractivity contribution in [2.24, 2.45) is 10.2 Å². The largest absolute Gasteiger partial charge is 0.493 e. The molecule has 1 heterocycles. The highest BCUT2D eigenvalue weighted by Gasteiger charge is 2.20. The number of carbonyl (C=O) groups excluding carboxylic acids is 2. The number of aromatic nitrogens is 1. The van der Waals surface area contributed by atoms with Crippen LogP contribution in [-0.2, 0) is 24.1 Å². The van der Waals surface area contributed by atoms with E-state index in [1.165, 1.54) is 19.2 Å². The summed E-state index contributed by atoms with van der Waals surface area (Å²) in [6, 6.07) is 26.9. The Bertz CT molecular complexity index is 1780. The van der Waals surface area contributed by atoms with Gasteiger partial charge in [0.1, 0.15) is 11.4 Å². The molecule has 0 unspecified atom stereocenters. The lowest BCUT2D eigenvalue weighted by atomic mass is 10.1. The lowest BCUT2D eigenvalue weighted by Gasteiger charge is -2.08. The minimum atomic E-state index is -0.941. The van der Waals surface area contributed by atoms with Gasteiger partial charge in [0.25, 0.3) is 5.91 Å². The van der Waals surface area contributed by atoms with E-state index in [-0.39, 0.29) is 28.8 Å². The molecule has 10 heteroatoms. The second-order valence-electron chi connectivity index (χ2n) is 9.73. The molecule has 0 aliphatic carbocycles. The molecule has 4 aromatic carbocycles. The monoisotopic (exact) mass is 596 g/mol. The molecule has 0 aliphatic heterocycles. The van der Waals surface area contributed by atoms with Gasteiger partial charge in [-0.1, -0.05) is 48.5 Å². The number of carbonyl (C=O) groups is 2. The highest BCUT2D eigenvalue weighted by molar-refractivity contribution is 7.99. The molecule has 0 radical (unpaired) electrons. The van der Waals surface area contributed by atoms with Crippen LogP contribution in [0.5, 0.6) is 5.88 Å². The molecule has 0 atom stereocenters. The van der Waals surface area contributed by atoms with Crippen LogP contribution in [0.3, 0.4) is 0 Å². The van der Waals surface area contributed by atoms with Gasteiger partial charge in [0.05, 0.1) is 18.2 Å². The van der Waals surface area contributed by atoms with Crippen molar-refractivity contribution in [2.75, 3.05) is 18.6 Å². The Hall–Kier alpha value is -4.96. The van der Waals surface area contributed by atoms with E-state index in [0.29, 0.717) is 23.9 Å². The SMILES string of the molecule is COC(=O)c1ccc(CCSc2ccc3c(c2)c(N=NC(=O)c2c(N)cccc2F)c(O)n3CCc2ccccc2)cc1. The summed E-state index contributed by atoms with van der Waals surface area (Å²) < 4.78 is 20.8. The summed E-state index contributed by atoms with van der Waals surface area (Å²) in [5.74, 6) is -1.50. The Labute approximate surface area is 252 Å². The van der Waals surface area contributed by atoms with Crippen molar-refractivity contribution in [3.63, 3.8) is 0 Å². The molecule has 218 valence electrons. The maximum atomic E-state index is 14.3. The number of methoxy groups -OCH3 is 1. The standard InChI is InChI=1S/C33H29FN4O4S/c1-42-33(41)23-12-10-22(11-13-23)17-19-43-24-14-15-28-25(20-24)30(32(40)38(28)18-16-21-6-3-2-4-7-21)36-37-31(39)29-26(34)8-5-9-27(29)35/h2-15,20,40H,16-19,35H2,1H3. The van der Waals surface area contributed by atoms with E-state index in [0.717, 1.165) is 39.8 Å². The van der Waals surface area contributed by atoms with E-state index in [1.54, 1.807) is 28.5 Å². The third kappa shape index (κ3) is 6.76. The molecular formula is C33H29FN4O4S. The number of rotatable bonds is 10. The van der Waals surface area contributed by atoms with E-state index in [1.807, 2.05) is 60.7 Å². The van der Waals surface area contributed by atoms with Crippen LogP contribution in [-0.4, -0.2) is 34.4 Å². The highest BCUT2D eigenvalue weighted by Crippen LogP contribution is 2.41. The molecule has 0 aliphatic rings. The van der Waals surface area contributed by atoms with Gasteiger partial charge in [-0.2, -0.15) is 0 Å². The molecule has 0 saturated heterocycles. The Kier molecular flexibility index (Phi) is 9.17. The van der Waals surface area contributed by atoms with E-state index in [2.05, 4.69) is 10.2 Å². The number of halogens is 1. The van der Waals surface area contributed by atoms with Gasteiger partial charge in [-0.05, 0) is 66.4 Å². The normalized spacial score (nSPS) is 11.3. The predicted octanol–water partition coefficient (Wildman–Crippen LogP) is 7.36. The van der Waals surface area contributed by atoms with Crippen molar-refractivity contribution in [1.82, 2.24) is 4.57 Å². The number of hydrogen-bond donors (Lipinski definition) is 2. The molecule has 5 aromatic rings. The van der Waals surface area contributed by atoms with Crippen molar-refractivity contribution in [3.8, 4) is 5.88 Å². The van der Waals surface area contributed by atoms with Crippen molar-refractivity contribution in [1.29, 1.82) is 0 Å². The van der Waals surface area contributed by atoms with Crippen molar-refractivity contribution >= 4 is 45.9 Å². The number of anilines is 1. The van der Waals surface area contributed by atoms with Crippen molar-refractivity contribution in [2.45, 2.75) is 24.3 Å². The number of nitrogen functional groups attached to an aromatic ring is 1. The summed E-state index contributed by atoms with van der Waals surface area (Å²) in [4.78, 5) is 25.4. The highest BCUT2D eigenvalue weighted by atomic mass is 32.2. The van der Waals surface area contributed by atoms with E-state index in [4.69, 9.17) is 10.5 Å². The molecule has 43 heavy (non-hydrogen) atoms. The number of aryl methyl sites for hydroxylation is 3. The molecule has 3 N–H and O–H groups in total. The number of aromatic hydroxyl groups is 1. The Balaban J connectivity index is 1.41. The number of ether oxygens (including phenoxy) is 1. The fraction of sp³-hybridized carbons (Fsp3) is 0.152. The number of benzene rings is 4. The topological polar surface area (TPSA) is 119 Å². The average molecular weight is 597 g/mol. The number of nitrogens with two attached hydrogens (primary N) is 1. The van der Waals surface area contributed by atoms with Gasteiger partial charge in [0.15, 0.2) is 5.69 Å². The minimum Gasteiger partial charge on any atom is -0.493 e. The number of esters is 1. The third-order valence-electron chi connectivity index (χ3n) is 6.98. The summed E-state index contributed by atoms with van der Waals surface area (Å²) in [5.41, 5.74) is 8.91. The molecule has 5 rings (SSSR count). The van der Waals surface area contributed by atoms with Gasteiger partial charge in [-0.25, -0.2) is 9.18 Å². The number of amides is 1. The molecule has 0 bridgehead atoms. The quantitative estimate of drug-likeness (QED) is 0.0753. The third-order valence-corrected chi connectivity index (χ3v) is 7.98. The van der Waals surface area contributed by atoms with E-state index >= 15 is 0 Å². The maximum Gasteiger partial charge on any atom is 0.337 e. The number of thioether (sulfide) groups is 1. The van der Waals surface area contributed by atoms with Crippen LogP contribution in [0.25, 0.3) is 10.9 Å². The summed E-state index contributed by atoms with van der Waals surface area (Å²) in [6.45, 7) is 0.462. The number of fused-ring (bicyclic) bond motifs is 1. The van der Waals surface area contributed by atoms with E-state index < -0.39 is 11.7 Å². The second kappa shape index (κ2) is 13.3. The van der Waals surface area contributed by atoms with Crippen molar-refractivity contribution < 1.29 is 23.8 Å². The minimum absolute atomic E-state index is 0.0444. The lowest BCUT2D eigenvalue weighted by molar-refractivity contribution is 0.0600.